The van der Waals surface area contributed by atoms with E-state index in [2.05, 4.69) is 16.0 Å². The number of ketones is 1. The van der Waals surface area contributed by atoms with Crippen molar-refractivity contribution in [3.63, 3.8) is 0 Å². The molecule has 1 atom stereocenters. The molecule has 0 spiro atoms. The molecule has 0 radical (unpaired) electrons. The van der Waals surface area contributed by atoms with Crippen LogP contribution in [0.25, 0.3) is 28.4 Å². The lowest BCUT2D eigenvalue weighted by Gasteiger charge is -2.19. The lowest BCUT2D eigenvalue weighted by molar-refractivity contribution is 0.0696. The summed E-state index contributed by atoms with van der Waals surface area (Å²) in [6, 6.07) is 20.5. The minimum atomic E-state index is -1.03. The smallest absolute Gasteiger partial charge is 0.335 e. The first-order chi connectivity index (χ1) is 19.3. The minimum absolute atomic E-state index is 0.108. The fourth-order valence-corrected chi connectivity index (χ4v) is 5.63. The zero-order chi connectivity index (χ0) is 28.0. The molecular formula is C32H27N5O3. The van der Waals surface area contributed by atoms with Crippen LogP contribution in [-0.4, -0.2) is 36.6 Å². The minimum Gasteiger partial charge on any atom is -0.478 e. The maximum Gasteiger partial charge on any atom is 0.335 e. The van der Waals surface area contributed by atoms with Gasteiger partial charge in [0, 0.05) is 11.1 Å². The van der Waals surface area contributed by atoms with Gasteiger partial charge in [-0.1, -0.05) is 60.7 Å². The van der Waals surface area contributed by atoms with Crippen molar-refractivity contribution >= 4 is 34.7 Å². The summed E-state index contributed by atoms with van der Waals surface area (Å²) in [5.41, 5.74) is 13.8. The Balaban J connectivity index is 1.50. The second-order valence-electron chi connectivity index (χ2n) is 10.2. The second kappa shape index (κ2) is 9.89. The van der Waals surface area contributed by atoms with E-state index in [1.54, 1.807) is 22.9 Å². The number of benzene rings is 3. The molecule has 3 aromatic carbocycles. The molecule has 0 fully saturated rings. The molecular weight excluding hydrogens is 502 g/mol. The summed E-state index contributed by atoms with van der Waals surface area (Å²) in [6.45, 7) is 4.38. The van der Waals surface area contributed by atoms with E-state index in [-0.39, 0.29) is 23.1 Å². The van der Waals surface area contributed by atoms with Gasteiger partial charge in [-0.2, -0.15) is 5.10 Å². The Bertz CT molecular complexity index is 1850. The van der Waals surface area contributed by atoms with Crippen molar-refractivity contribution in [1.82, 2.24) is 19.7 Å². The molecule has 0 amide bonds. The van der Waals surface area contributed by atoms with Crippen LogP contribution in [0.5, 0.6) is 0 Å². The number of allylic oxidation sites excluding steroid dienone is 1. The van der Waals surface area contributed by atoms with Crippen molar-refractivity contribution in [3.05, 3.63) is 112 Å². The van der Waals surface area contributed by atoms with Gasteiger partial charge in [0.15, 0.2) is 11.4 Å². The van der Waals surface area contributed by atoms with Crippen molar-refractivity contribution in [1.29, 1.82) is 0 Å². The molecule has 8 nitrogen and oxygen atoms in total. The van der Waals surface area contributed by atoms with Gasteiger partial charge in [-0.15, -0.1) is 0 Å². The Morgan fingerprint density at radius 3 is 2.60 bits per heavy atom. The number of aryl methyl sites for hydroxylation is 2. The standard InChI is InChI=1S/C32H27N5O3/c1-18-7-3-4-12-24(18)25-14-20(13-21-9-5-8-19(2)26(21)29(25)38)16-37-31-27(30(33)34-17-35-31)28(36-37)22-10-6-11-23(15-22)32(39)40/h3-13,15,17,25H,14,16H2,1-2H3,(H,39,40)(H2,33,34,35). The molecule has 0 saturated carbocycles. The Kier molecular flexibility index (Phi) is 6.23. The number of carbonyl (C=O) groups is 2. The fourth-order valence-electron chi connectivity index (χ4n) is 5.63. The average molecular weight is 530 g/mol. The first-order valence-electron chi connectivity index (χ1n) is 13.0. The number of nitrogen functional groups attached to an aromatic ring is 1. The van der Waals surface area contributed by atoms with Crippen LogP contribution in [-0.2, 0) is 6.54 Å². The molecule has 5 aromatic rings. The maximum absolute atomic E-state index is 14.0. The lowest BCUT2D eigenvalue weighted by atomic mass is 9.84. The quantitative estimate of drug-likeness (QED) is 0.293. The number of nitrogens with two attached hydrogens (primary N) is 1. The summed E-state index contributed by atoms with van der Waals surface area (Å²) in [5, 5.41) is 14.9. The summed E-state index contributed by atoms with van der Waals surface area (Å²) in [5.74, 6) is -1.00. The normalized spacial score (nSPS) is 15.0. The van der Waals surface area contributed by atoms with Crippen molar-refractivity contribution < 1.29 is 14.7 Å². The molecule has 1 unspecified atom stereocenters. The summed E-state index contributed by atoms with van der Waals surface area (Å²) in [4.78, 5) is 34.3. The van der Waals surface area contributed by atoms with Crippen LogP contribution in [0.15, 0.2) is 78.6 Å². The van der Waals surface area contributed by atoms with Crippen molar-refractivity contribution in [2.75, 3.05) is 5.73 Å². The molecule has 198 valence electrons. The molecule has 0 bridgehead atoms. The van der Waals surface area contributed by atoms with Crippen molar-refractivity contribution in [3.8, 4) is 11.3 Å². The highest BCUT2D eigenvalue weighted by molar-refractivity contribution is 6.06. The largest absolute Gasteiger partial charge is 0.478 e. The number of hydrogen-bond acceptors (Lipinski definition) is 6. The van der Waals surface area contributed by atoms with Gasteiger partial charge in [0.05, 0.1) is 23.4 Å². The van der Waals surface area contributed by atoms with Gasteiger partial charge in [0.1, 0.15) is 17.8 Å². The van der Waals surface area contributed by atoms with E-state index in [0.717, 1.165) is 33.4 Å². The monoisotopic (exact) mass is 529 g/mol. The number of Topliss-reactive ketones (excluding diaryl/α,β-unsaturated/α-hetero) is 1. The van der Waals surface area contributed by atoms with Gasteiger partial charge in [0.2, 0.25) is 0 Å². The van der Waals surface area contributed by atoms with Crippen LogP contribution in [0, 0.1) is 13.8 Å². The third-order valence-corrected chi connectivity index (χ3v) is 7.55. The lowest BCUT2D eigenvalue weighted by Crippen LogP contribution is -2.16. The number of fused-ring (bicyclic) bond motifs is 2. The van der Waals surface area contributed by atoms with Gasteiger partial charge in [-0.05, 0) is 60.2 Å². The maximum atomic E-state index is 14.0. The Morgan fingerprint density at radius 2 is 1.80 bits per heavy atom. The van der Waals surface area contributed by atoms with Gasteiger partial charge in [-0.25, -0.2) is 19.4 Å². The first-order valence-corrected chi connectivity index (χ1v) is 13.0. The predicted molar refractivity (Wildman–Crippen MR) is 154 cm³/mol. The number of aromatic nitrogens is 4. The SMILES string of the molecule is Cc1ccccc1C1CC(Cn2nc(-c3cccc(C(=O)O)c3)c3c(N)ncnc32)=Cc2cccc(C)c2C1=O. The van der Waals surface area contributed by atoms with Gasteiger partial charge in [-0.3, -0.25) is 4.79 Å². The molecule has 3 N–H and O–H groups in total. The van der Waals surface area contributed by atoms with Gasteiger partial charge >= 0.3 is 5.97 Å². The fraction of sp³-hybridized carbons (Fsp3) is 0.156. The molecule has 6 rings (SSSR count). The van der Waals surface area contributed by atoms with E-state index in [1.165, 1.54) is 12.4 Å². The van der Waals surface area contributed by atoms with Crippen LogP contribution < -0.4 is 5.73 Å². The van der Waals surface area contributed by atoms with E-state index in [1.807, 2.05) is 56.3 Å². The third kappa shape index (κ3) is 4.33. The molecule has 0 saturated heterocycles. The summed E-state index contributed by atoms with van der Waals surface area (Å²) < 4.78 is 1.77. The van der Waals surface area contributed by atoms with Gasteiger partial charge < -0.3 is 10.8 Å². The molecule has 8 heteroatoms. The molecule has 0 aliphatic heterocycles. The number of aromatic carboxylic acids is 1. The third-order valence-electron chi connectivity index (χ3n) is 7.55. The highest BCUT2D eigenvalue weighted by Gasteiger charge is 2.30. The zero-order valence-electron chi connectivity index (χ0n) is 22.1. The number of anilines is 1. The van der Waals surface area contributed by atoms with Crippen molar-refractivity contribution in [2.24, 2.45) is 0 Å². The van der Waals surface area contributed by atoms with Crippen LogP contribution in [0.2, 0.25) is 0 Å². The first kappa shape index (κ1) is 25.2. The Morgan fingerprint density at radius 1 is 1.02 bits per heavy atom. The van der Waals surface area contributed by atoms with Crippen molar-refractivity contribution in [2.45, 2.75) is 32.7 Å². The zero-order valence-corrected chi connectivity index (χ0v) is 22.1. The summed E-state index contributed by atoms with van der Waals surface area (Å²) >= 11 is 0. The van der Waals surface area contributed by atoms with E-state index < -0.39 is 5.97 Å². The number of rotatable bonds is 5. The second-order valence-corrected chi connectivity index (χ2v) is 10.2. The highest BCUT2D eigenvalue weighted by Crippen LogP contribution is 2.38. The molecule has 40 heavy (non-hydrogen) atoms. The number of carbonyl (C=O) groups excluding carboxylic acids is 1. The Labute approximate surface area is 230 Å². The number of nitrogens with zero attached hydrogens (tertiary/aromatic N) is 4. The topological polar surface area (TPSA) is 124 Å². The summed E-state index contributed by atoms with van der Waals surface area (Å²) in [7, 11) is 0. The number of carboxylic acid groups (broad SMARTS) is 1. The number of hydrogen-bond donors (Lipinski definition) is 2. The van der Waals surface area contributed by atoms with Crippen LogP contribution in [0.3, 0.4) is 0 Å². The predicted octanol–water partition coefficient (Wildman–Crippen LogP) is 5.84. The average Bonchev–Trinajstić information content (AvgIpc) is 3.24. The van der Waals surface area contributed by atoms with Gasteiger partial charge in [0.25, 0.3) is 0 Å². The Hall–Kier alpha value is -5.11. The van der Waals surface area contributed by atoms with Crippen LogP contribution in [0.1, 0.15) is 55.3 Å². The van der Waals surface area contributed by atoms with Crippen LogP contribution in [0.4, 0.5) is 5.82 Å². The highest BCUT2D eigenvalue weighted by atomic mass is 16.4. The molecule has 1 aliphatic carbocycles. The molecule has 2 aromatic heterocycles. The van der Waals surface area contributed by atoms with Crippen LogP contribution >= 0.6 is 0 Å². The molecule has 2 heterocycles. The van der Waals surface area contributed by atoms with E-state index >= 15 is 0 Å². The summed E-state index contributed by atoms with van der Waals surface area (Å²) in [6.07, 6.45) is 4.00. The van der Waals surface area contributed by atoms with E-state index in [0.29, 0.717) is 35.3 Å². The van der Waals surface area contributed by atoms with E-state index in [4.69, 9.17) is 10.8 Å². The molecule has 1 aliphatic rings. The van der Waals surface area contributed by atoms with E-state index in [9.17, 15) is 14.7 Å². The number of carboxylic acids is 1.